The number of carboxylic acid groups (broad SMARTS) is 1. The van der Waals surface area contributed by atoms with Gasteiger partial charge in [0.2, 0.25) is 5.91 Å². The maximum atomic E-state index is 12.4. The van der Waals surface area contributed by atoms with Gasteiger partial charge in [-0.1, -0.05) is 12.2 Å². The molecule has 1 aliphatic rings. The number of aliphatic carboxylic acids is 1. The van der Waals surface area contributed by atoms with Gasteiger partial charge in [0, 0.05) is 0 Å². The highest BCUT2D eigenvalue weighted by molar-refractivity contribution is 5.97. The topological polar surface area (TPSA) is 119 Å². The molecule has 2 atom stereocenters. The van der Waals surface area contributed by atoms with E-state index in [4.69, 9.17) is 4.74 Å². The number of hydrogen-bond acceptors (Lipinski definition) is 5. The summed E-state index contributed by atoms with van der Waals surface area (Å²) in [5, 5.41) is 22.9. The van der Waals surface area contributed by atoms with Crippen LogP contribution in [0, 0.1) is 22.0 Å². The highest BCUT2D eigenvalue weighted by Crippen LogP contribution is 2.32. The maximum absolute atomic E-state index is 12.4. The van der Waals surface area contributed by atoms with E-state index in [2.05, 4.69) is 5.32 Å². The number of ether oxygens (including phenoxy) is 1. The molecule has 1 aliphatic carbocycles. The van der Waals surface area contributed by atoms with Crippen molar-refractivity contribution in [3.05, 3.63) is 40.5 Å². The second-order valence-electron chi connectivity index (χ2n) is 5.35. The van der Waals surface area contributed by atoms with Crippen molar-refractivity contribution in [1.82, 2.24) is 0 Å². The fourth-order valence-corrected chi connectivity index (χ4v) is 2.63. The molecule has 24 heavy (non-hydrogen) atoms. The molecule has 1 aromatic rings. The van der Waals surface area contributed by atoms with Crippen LogP contribution in [0.4, 0.5) is 11.4 Å². The molecule has 0 aromatic heterocycles. The maximum Gasteiger partial charge on any atom is 0.307 e. The Morgan fingerprint density at radius 1 is 1.33 bits per heavy atom. The quantitative estimate of drug-likeness (QED) is 0.469. The first-order chi connectivity index (χ1) is 11.4. The number of carboxylic acids is 1. The monoisotopic (exact) mass is 334 g/mol. The zero-order valence-electron chi connectivity index (χ0n) is 13.1. The Kier molecular flexibility index (Phi) is 5.51. The van der Waals surface area contributed by atoms with Crippen LogP contribution in [0.1, 0.15) is 19.8 Å². The Bertz CT molecular complexity index is 685. The summed E-state index contributed by atoms with van der Waals surface area (Å²) >= 11 is 0. The summed E-state index contributed by atoms with van der Waals surface area (Å²) < 4.78 is 5.22. The van der Waals surface area contributed by atoms with Crippen molar-refractivity contribution in [2.75, 3.05) is 11.9 Å². The summed E-state index contributed by atoms with van der Waals surface area (Å²) in [6.07, 6.45) is 4.02. The number of allylic oxidation sites excluding steroid dienone is 2. The van der Waals surface area contributed by atoms with Crippen molar-refractivity contribution in [3.8, 4) is 5.75 Å². The summed E-state index contributed by atoms with van der Waals surface area (Å²) in [6, 6.07) is 4.13. The average Bonchev–Trinajstić information content (AvgIpc) is 2.56. The van der Waals surface area contributed by atoms with Crippen LogP contribution in [0.2, 0.25) is 0 Å². The normalized spacial score (nSPS) is 19.5. The van der Waals surface area contributed by atoms with Crippen LogP contribution in [0.25, 0.3) is 0 Å². The largest absolute Gasteiger partial charge is 0.494 e. The summed E-state index contributed by atoms with van der Waals surface area (Å²) in [5.41, 5.74) is -0.278. The van der Waals surface area contributed by atoms with Crippen molar-refractivity contribution >= 4 is 23.3 Å². The molecule has 1 amide bonds. The van der Waals surface area contributed by atoms with Gasteiger partial charge in [0.25, 0.3) is 5.69 Å². The molecule has 0 aliphatic heterocycles. The van der Waals surface area contributed by atoms with E-state index in [0.29, 0.717) is 12.4 Å². The lowest BCUT2D eigenvalue weighted by atomic mass is 9.82. The molecule has 2 rings (SSSR count). The molecule has 0 unspecified atom stereocenters. The van der Waals surface area contributed by atoms with Crippen LogP contribution < -0.4 is 10.1 Å². The second kappa shape index (κ2) is 7.58. The number of nitrogens with zero attached hydrogens (tertiary/aromatic N) is 1. The Labute approximate surface area is 138 Å². The van der Waals surface area contributed by atoms with E-state index in [0.717, 1.165) is 0 Å². The van der Waals surface area contributed by atoms with E-state index in [9.17, 15) is 24.8 Å². The SMILES string of the molecule is CCOc1ccc(NC(=O)[C@H]2CC=CC[C@@H]2C(=O)O)c([N+](=O)[O-])c1. The Hall–Kier alpha value is -2.90. The number of anilines is 1. The average molecular weight is 334 g/mol. The van der Waals surface area contributed by atoms with Crippen molar-refractivity contribution < 1.29 is 24.4 Å². The highest BCUT2D eigenvalue weighted by Gasteiger charge is 2.34. The molecule has 0 saturated heterocycles. The van der Waals surface area contributed by atoms with Crippen LogP contribution in [-0.2, 0) is 9.59 Å². The van der Waals surface area contributed by atoms with Gasteiger partial charge in [0.05, 0.1) is 29.4 Å². The Balaban J connectivity index is 2.23. The molecule has 0 radical (unpaired) electrons. The van der Waals surface area contributed by atoms with E-state index < -0.39 is 28.6 Å². The van der Waals surface area contributed by atoms with Crippen molar-refractivity contribution in [2.45, 2.75) is 19.8 Å². The molecule has 0 spiro atoms. The minimum Gasteiger partial charge on any atom is -0.494 e. The molecule has 0 saturated carbocycles. The molecule has 8 heteroatoms. The summed E-state index contributed by atoms with van der Waals surface area (Å²) in [6.45, 7) is 2.11. The van der Waals surface area contributed by atoms with Gasteiger partial charge < -0.3 is 15.2 Å². The van der Waals surface area contributed by atoms with Gasteiger partial charge in [-0.05, 0) is 31.9 Å². The molecule has 1 aromatic carbocycles. The summed E-state index contributed by atoms with van der Waals surface area (Å²) in [4.78, 5) is 34.3. The lowest BCUT2D eigenvalue weighted by molar-refractivity contribution is -0.384. The standard InChI is InChI=1S/C16H18N2O6/c1-2-24-10-7-8-13(14(9-10)18(22)23)17-15(19)11-5-3-4-6-12(11)16(20)21/h3-4,7-9,11-12H,2,5-6H2,1H3,(H,17,19)(H,20,21)/t11-,12-/m0/s1. The summed E-state index contributed by atoms with van der Waals surface area (Å²) in [7, 11) is 0. The fraction of sp³-hybridized carbons (Fsp3) is 0.375. The Morgan fingerprint density at radius 3 is 2.58 bits per heavy atom. The van der Waals surface area contributed by atoms with E-state index in [1.165, 1.54) is 18.2 Å². The molecule has 2 N–H and O–H groups in total. The molecular weight excluding hydrogens is 316 g/mol. The van der Waals surface area contributed by atoms with Gasteiger partial charge in [-0.3, -0.25) is 19.7 Å². The predicted molar refractivity (Wildman–Crippen MR) is 85.9 cm³/mol. The zero-order valence-corrected chi connectivity index (χ0v) is 13.1. The van der Waals surface area contributed by atoms with E-state index in [1.54, 1.807) is 19.1 Å². The van der Waals surface area contributed by atoms with Crippen molar-refractivity contribution in [2.24, 2.45) is 11.8 Å². The lowest BCUT2D eigenvalue weighted by Crippen LogP contribution is -2.34. The third-order valence-electron chi connectivity index (χ3n) is 3.82. The lowest BCUT2D eigenvalue weighted by Gasteiger charge is -2.24. The van der Waals surface area contributed by atoms with Crippen LogP contribution in [0.5, 0.6) is 5.75 Å². The number of amides is 1. The van der Waals surface area contributed by atoms with E-state index >= 15 is 0 Å². The predicted octanol–water partition coefficient (Wildman–Crippen LogP) is 2.60. The van der Waals surface area contributed by atoms with Gasteiger partial charge in [-0.15, -0.1) is 0 Å². The van der Waals surface area contributed by atoms with Gasteiger partial charge in [-0.2, -0.15) is 0 Å². The van der Waals surface area contributed by atoms with Gasteiger partial charge in [0.1, 0.15) is 11.4 Å². The zero-order chi connectivity index (χ0) is 17.7. The Morgan fingerprint density at radius 2 is 2.00 bits per heavy atom. The van der Waals surface area contributed by atoms with E-state index in [-0.39, 0.29) is 24.2 Å². The minimum atomic E-state index is -1.05. The van der Waals surface area contributed by atoms with Crippen molar-refractivity contribution in [3.63, 3.8) is 0 Å². The molecule has 0 fully saturated rings. The van der Waals surface area contributed by atoms with Crippen molar-refractivity contribution in [1.29, 1.82) is 0 Å². The van der Waals surface area contributed by atoms with Crippen LogP contribution >= 0.6 is 0 Å². The smallest absolute Gasteiger partial charge is 0.307 e. The molecule has 8 nitrogen and oxygen atoms in total. The third-order valence-corrected chi connectivity index (χ3v) is 3.82. The first-order valence-corrected chi connectivity index (χ1v) is 7.54. The number of nitro groups is 1. The van der Waals surface area contributed by atoms with Crippen LogP contribution in [-0.4, -0.2) is 28.5 Å². The number of benzene rings is 1. The number of carbonyl (C=O) groups is 2. The first-order valence-electron chi connectivity index (χ1n) is 7.54. The molecule has 0 heterocycles. The minimum absolute atomic E-state index is 0.0205. The molecule has 128 valence electrons. The number of nitrogens with one attached hydrogen (secondary N) is 1. The van der Waals surface area contributed by atoms with E-state index in [1.807, 2.05) is 0 Å². The second-order valence-corrected chi connectivity index (χ2v) is 5.35. The van der Waals surface area contributed by atoms with Gasteiger partial charge >= 0.3 is 5.97 Å². The summed E-state index contributed by atoms with van der Waals surface area (Å²) in [5.74, 6) is -2.87. The highest BCUT2D eigenvalue weighted by atomic mass is 16.6. The van der Waals surface area contributed by atoms with Gasteiger partial charge in [-0.25, -0.2) is 0 Å². The molecular formula is C16H18N2O6. The fourth-order valence-electron chi connectivity index (χ4n) is 2.63. The molecule has 0 bridgehead atoms. The van der Waals surface area contributed by atoms with Crippen LogP contribution in [0.3, 0.4) is 0 Å². The number of rotatable bonds is 6. The number of carbonyl (C=O) groups excluding carboxylic acids is 1. The third kappa shape index (κ3) is 3.89. The van der Waals surface area contributed by atoms with Crippen LogP contribution in [0.15, 0.2) is 30.4 Å². The number of nitro benzene ring substituents is 1. The number of hydrogen-bond donors (Lipinski definition) is 2. The van der Waals surface area contributed by atoms with Gasteiger partial charge in [0.15, 0.2) is 0 Å². The first kappa shape index (κ1) is 17.5.